The molecule has 1 aromatic carbocycles. The van der Waals surface area contributed by atoms with Gasteiger partial charge in [0.25, 0.3) is 0 Å². The Bertz CT molecular complexity index is 577. The van der Waals surface area contributed by atoms with Crippen LogP contribution >= 0.6 is 27.5 Å². The molecule has 3 nitrogen and oxygen atoms in total. The normalized spacial score (nSPS) is 23.8. The van der Waals surface area contributed by atoms with Crippen LogP contribution in [0.25, 0.3) is 0 Å². The van der Waals surface area contributed by atoms with Crippen molar-refractivity contribution in [1.29, 1.82) is 0 Å². The van der Waals surface area contributed by atoms with Crippen LogP contribution in [0.3, 0.4) is 0 Å². The van der Waals surface area contributed by atoms with Gasteiger partial charge in [0.15, 0.2) is 0 Å². The van der Waals surface area contributed by atoms with E-state index < -0.39 is 10.0 Å². The van der Waals surface area contributed by atoms with E-state index in [4.69, 9.17) is 11.6 Å². The SMILES string of the molecule is CCC1CCCCC1NS(=O)(=O)c1ccc(Br)cc1Cl. The van der Waals surface area contributed by atoms with Gasteiger partial charge in [-0.2, -0.15) is 0 Å². The van der Waals surface area contributed by atoms with Gasteiger partial charge >= 0.3 is 0 Å². The Labute approximate surface area is 134 Å². The fraction of sp³-hybridized carbons (Fsp3) is 0.571. The van der Waals surface area contributed by atoms with E-state index in [0.29, 0.717) is 5.92 Å². The minimum Gasteiger partial charge on any atom is -0.208 e. The van der Waals surface area contributed by atoms with Crippen molar-refractivity contribution in [3.05, 3.63) is 27.7 Å². The van der Waals surface area contributed by atoms with Crippen molar-refractivity contribution in [3.63, 3.8) is 0 Å². The maximum Gasteiger partial charge on any atom is 0.242 e. The summed E-state index contributed by atoms with van der Waals surface area (Å²) in [5, 5.41) is 0.246. The van der Waals surface area contributed by atoms with Gasteiger partial charge in [0.1, 0.15) is 4.90 Å². The van der Waals surface area contributed by atoms with Crippen molar-refractivity contribution in [3.8, 4) is 0 Å². The van der Waals surface area contributed by atoms with Gasteiger partial charge in [-0.05, 0) is 37.0 Å². The fourth-order valence-corrected chi connectivity index (χ4v) is 5.18. The molecule has 0 spiro atoms. The molecule has 0 amide bonds. The van der Waals surface area contributed by atoms with Crippen LogP contribution in [0.5, 0.6) is 0 Å². The maximum absolute atomic E-state index is 12.5. The largest absolute Gasteiger partial charge is 0.242 e. The summed E-state index contributed by atoms with van der Waals surface area (Å²) in [6.07, 6.45) is 5.28. The first-order chi connectivity index (χ1) is 9.44. The lowest BCUT2D eigenvalue weighted by Crippen LogP contribution is -2.41. The Morgan fingerprint density at radius 3 is 2.70 bits per heavy atom. The summed E-state index contributed by atoms with van der Waals surface area (Å²) in [6.45, 7) is 2.11. The molecule has 1 aliphatic rings. The van der Waals surface area contributed by atoms with E-state index in [2.05, 4.69) is 27.6 Å². The highest BCUT2D eigenvalue weighted by molar-refractivity contribution is 9.10. The van der Waals surface area contributed by atoms with Crippen molar-refractivity contribution < 1.29 is 8.42 Å². The molecule has 1 N–H and O–H groups in total. The minimum atomic E-state index is -3.55. The summed E-state index contributed by atoms with van der Waals surface area (Å²) in [7, 11) is -3.55. The standard InChI is InChI=1S/C14H19BrClNO2S/c1-2-10-5-3-4-6-13(10)17-20(18,19)14-8-7-11(15)9-12(14)16/h7-10,13,17H,2-6H2,1H3. The molecule has 20 heavy (non-hydrogen) atoms. The summed E-state index contributed by atoms with van der Waals surface area (Å²) in [6, 6.07) is 4.87. The second kappa shape index (κ2) is 6.77. The maximum atomic E-state index is 12.5. The Kier molecular flexibility index (Phi) is 5.51. The molecule has 0 bridgehead atoms. The van der Waals surface area contributed by atoms with E-state index in [-0.39, 0.29) is 16.0 Å². The molecule has 0 aromatic heterocycles. The third-order valence-corrected chi connectivity index (χ3v) is 6.39. The van der Waals surface area contributed by atoms with E-state index >= 15 is 0 Å². The highest BCUT2D eigenvalue weighted by Gasteiger charge is 2.29. The van der Waals surface area contributed by atoms with Crippen LogP contribution in [0, 0.1) is 5.92 Å². The zero-order chi connectivity index (χ0) is 14.8. The Hall–Kier alpha value is -0.100. The Morgan fingerprint density at radius 1 is 1.35 bits per heavy atom. The van der Waals surface area contributed by atoms with Crippen molar-refractivity contribution in [1.82, 2.24) is 4.72 Å². The first-order valence-electron chi connectivity index (χ1n) is 6.91. The summed E-state index contributed by atoms with van der Waals surface area (Å²) >= 11 is 9.34. The van der Waals surface area contributed by atoms with Crippen LogP contribution in [0.15, 0.2) is 27.6 Å². The average Bonchev–Trinajstić information content (AvgIpc) is 2.38. The molecule has 6 heteroatoms. The van der Waals surface area contributed by atoms with E-state index in [0.717, 1.165) is 30.2 Å². The summed E-state index contributed by atoms with van der Waals surface area (Å²) < 4.78 is 28.6. The van der Waals surface area contributed by atoms with Crippen LogP contribution < -0.4 is 4.72 Å². The number of halogens is 2. The van der Waals surface area contributed by atoms with Crippen LogP contribution in [0.2, 0.25) is 5.02 Å². The van der Waals surface area contributed by atoms with Crippen molar-refractivity contribution in [2.75, 3.05) is 0 Å². The Morgan fingerprint density at radius 2 is 2.05 bits per heavy atom. The van der Waals surface area contributed by atoms with E-state index in [9.17, 15) is 8.42 Å². The number of hydrogen-bond acceptors (Lipinski definition) is 2. The molecule has 2 atom stereocenters. The van der Waals surface area contributed by atoms with Crippen LogP contribution in [0.1, 0.15) is 39.0 Å². The van der Waals surface area contributed by atoms with Crippen LogP contribution in [-0.4, -0.2) is 14.5 Å². The molecule has 1 fully saturated rings. The number of nitrogens with one attached hydrogen (secondary N) is 1. The van der Waals surface area contributed by atoms with E-state index in [1.165, 1.54) is 6.42 Å². The van der Waals surface area contributed by atoms with E-state index in [1.807, 2.05) is 0 Å². The first kappa shape index (κ1) is 16.3. The van der Waals surface area contributed by atoms with Gasteiger partial charge in [-0.25, -0.2) is 13.1 Å². The zero-order valence-corrected chi connectivity index (χ0v) is 14.6. The lowest BCUT2D eigenvalue weighted by molar-refractivity contribution is 0.282. The fourth-order valence-electron chi connectivity index (χ4n) is 2.81. The summed E-state index contributed by atoms with van der Waals surface area (Å²) in [5.74, 6) is 0.424. The van der Waals surface area contributed by atoms with Gasteiger partial charge in [-0.15, -0.1) is 0 Å². The smallest absolute Gasteiger partial charge is 0.208 e. The van der Waals surface area contributed by atoms with Crippen molar-refractivity contribution in [2.45, 2.75) is 50.0 Å². The lowest BCUT2D eigenvalue weighted by Gasteiger charge is -2.31. The van der Waals surface area contributed by atoms with Gasteiger partial charge in [0.05, 0.1) is 5.02 Å². The van der Waals surface area contributed by atoms with Crippen molar-refractivity contribution in [2.24, 2.45) is 5.92 Å². The molecular weight excluding hydrogens is 362 g/mol. The molecule has 1 aromatic rings. The van der Waals surface area contributed by atoms with Gasteiger partial charge < -0.3 is 0 Å². The topological polar surface area (TPSA) is 46.2 Å². The highest BCUT2D eigenvalue weighted by Crippen LogP contribution is 2.30. The monoisotopic (exact) mass is 379 g/mol. The summed E-state index contributed by atoms with van der Waals surface area (Å²) in [4.78, 5) is 0.155. The second-order valence-corrected chi connectivity index (χ2v) is 8.26. The number of sulfonamides is 1. The van der Waals surface area contributed by atoms with Crippen LogP contribution in [0.4, 0.5) is 0 Å². The molecule has 2 unspecified atom stereocenters. The molecule has 1 aliphatic carbocycles. The van der Waals surface area contributed by atoms with Gasteiger partial charge in [-0.3, -0.25) is 0 Å². The quantitative estimate of drug-likeness (QED) is 0.844. The number of rotatable bonds is 4. The molecule has 2 rings (SSSR count). The van der Waals surface area contributed by atoms with Crippen LogP contribution in [-0.2, 0) is 10.0 Å². The molecule has 112 valence electrons. The first-order valence-corrected chi connectivity index (χ1v) is 9.57. The minimum absolute atomic E-state index is 0.0264. The van der Waals surface area contributed by atoms with Gasteiger partial charge in [0, 0.05) is 10.5 Å². The van der Waals surface area contributed by atoms with Gasteiger partial charge in [-0.1, -0.05) is 53.7 Å². The predicted octanol–water partition coefficient (Wildman–Crippen LogP) is 4.35. The Balaban J connectivity index is 2.22. The average molecular weight is 381 g/mol. The number of hydrogen-bond donors (Lipinski definition) is 1. The summed E-state index contributed by atoms with van der Waals surface area (Å²) in [5.41, 5.74) is 0. The third kappa shape index (κ3) is 3.75. The highest BCUT2D eigenvalue weighted by atomic mass is 79.9. The number of benzene rings is 1. The van der Waals surface area contributed by atoms with Crippen molar-refractivity contribution >= 4 is 37.6 Å². The lowest BCUT2D eigenvalue weighted by atomic mass is 9.83. The third-order valence-electron chi connectivity index (χ3n) is 3.92. The molecular formula is C14H19BrClNO2S. The second-order valence-electron chi connectivity index (χ2n) is 5.26. The van der Waals surface area contributed by atoms with Gasteiger partial charge in [0.2, 0.25) is 10.0 Å². The van der Waals surface area contributed by atoms with E-state index in [1.54, 1.807) is 18.2 Å². The molecule has 0 aliphatic heterocycles. The molecule has 0 radical (unpaired) electrons. The molecule has 1 saturated carbocycles. The molecule has 0 saturated heterocycles. The molecule has 0 heterocycles. The predicted molar refractivity (Wildman–Crippen MR) is 85.5 cm³/mol. The zero-order valence-electron chi connectivity index (χ0n) is 11.4.